The molecule has 2 atom stereocenters. The van der Waals surface area contributed by atoms with Crippen molar-refractivity contribution in [3.63, 3.8) is 0 Å². The summed E-state index contributed by atoms with van der Waals surface area (Å²) in [5, 5.41) is 9.18. The molecule has 11 heteroatoms. The molecule has 1 aromatic carbocycles. The van der Waals surface area contributed by atoms with Crippen molar-refractivity contribution in [2.24, 2.45) is 0 Å². The van der Waals surface area contributed by atoms with E-state index in [0.29, 0.717) is 24.6 Å². The number of carbonyl (C=O) groups excluding carboxylic acids is 1. The molecule has 1 aromatic heterocycles. The Morgan fingerprint density at radius 2 is 1.87 bits per heavy atom. The number of alkyl halides is 3. The fourth-order valence-electron chi connectivity index (χ4n) is 6.25. The minimum Gasteiger partial charge on any atom is -0.490 e. The third-order valence-electron chi connectivity index (χ3n) is 8.31. The van der Waals surface area contributed by atoms with Crippen LogP contribution in [0.15, 0.2) is 36.5 Å². The first-order valence-corrected chi connectivity index (χ1v) is 13.3. The van der Waals surface area contributed by atoms with E-state index in [2.05, 4.69) is 9.88 Å². The van der Waals surface area contributed by atoms with Gasteiger partial charge in [-0.15, -0.1) is 0 Å². The maximum absolute atomic E-state index is 13.6. The smallest absolute Gasteiger partial charge is 0.419 e. The molecule has 2 unspecified atom stereocenters. The van der Waals surface area contributed by atoms with Gasteiger partial charge in [0, 0.05) is 18.3 Å². The maximum atomic E-state index is 13.6. The standard InChI is InChI=1S/C27H26F3N5O2S/c28-27(29,30)22-14-19(16-32-23(22)15-31)34-24(36)26(9-2-10-26)35(25(34)38)17-4-6-20(7-5-17)37-21-8-12-33-11-1-3-18(33)13-21/h4-7,14,16,18,21H,1-3,8-13H2. The van der Waals surface area contributed by atoms with E-state index in [0.717, 1.165) is 48.7 Å². The molecule has 1 spiro atoms. The normalized spacial score (nSPS) is 24.9. The van der Waals surface area contributed by atoms with Crippen LogP contribution in [0.2, 0.25) is 0 Å². The van der Waals surface area contributed by atoms with E-state index < -0.39 is 23.0 Å². The molecule has 4 aliphatic rings. The zero-order valence-electron chi connectivity index (χ0n) is 20.6. The Morgan fingerprint density at radius 3 is 2.53 bits per heavy atom. The summed E-state index contributed by atoms with van der Waals surface area (Å²) >= 11 is 5.68. The number of nitrogens with zero attached hydrogens (tertiary/aromatic N) is 5. The lowest BCUT2D eigenvalue weighted by molar-refractivity contribution is -0.138. The number of ether oxygens (including phenoxy) is 1. The predicted octanol–water partition coefficient (Wildman–Crippen LogP) is 5.04. The maximum Gasteiger partial charge on any atom is 0.419 e. The van der Waals surface area contributed by atoms with Gasteiger partial charge in [-0.25, -0.2) is 4.98 Å². The van der Waals surface area contributed by atoms with Crippen LogP contribution in [-0.4, -0.2) is 51.7 Å². The lowest BCUT2D eigenvalue weighted by atomic mass is 9.75. The number of piperidine rings is 1. The number of nitriles is 1. The Kier molecular flexibility index (Phi) is 6.07. The van der Waals surface area contributed by atoms with Crippen LogP contribution in [0.25, 0.3) is 0 Å². The SMILES string of the molecule is N#Cc1ncc(N2C(=O)C3(CCC3)N(c3ccc(OC4CCN5CCCC5C4)cc3)C2=S)cc1C(F)(F)F. The van der Waals surface area contributed by atoms with Gasteiger partial charge < -0.3 is 14.5 Å². The molecule has 1 saturated carbocycles. The van der Waals surface area contributed by atoms with Gasteiger partial charge >= 0.3 is 6.18 Å². The molecule has 0 radical (unpaired) electrons. The van der Waals surface area contributed by atoms with Gasteiger partial charge in [-0.05, 0) is 94.0 Å². The number of amides is 1. The van der Waals surface area contributed by atoms with E-state index in [9.17, 15) is 18.0 Å². The van der Waals surface area contributed by atoms with E-state index >= 15 is 0 Å². The highest BCUT2D eigenvalue weighted by molar-refractivity contribution is 7.81. The number of pyridine rings is 1. The molecular weight excluding hydrogens is 515 g/mol. The molecule has 38 heavy (non-hydrogen) atoms. The number of hydrogen-bond acceptors (Lipinski definition) is 6. The Hall–Kier alpha value is -3.23. The van der Waals surface area contributed by atoms with Crippen LogP contribution in [0.4, 0.5) is 24.5 Å². The zero-order chi connectivity index (χ0) is 26.7. The highest BCUT2D eigenvalue weighted by atomic mass is 32.1. The summed E-state index contributed by atoms with van der Waals surface area (Å²) < 4.78 is 47.0. The topological polar surface area (TPSA) is 72.7 Å². The van der Waals surface area contributed by atoms with Gasteiger partial charge in [-0.3, -0.25) is 9.69 Å². The van der Waals surface area contributed by atoms with E-state index in [1.54, 1.807) is 4.90 Å². The predicted molar refractivity (Wildman–Crippen MR) is 138 cm³/mol. The van der Waals surface area contributed by atoms with Gasteiger partial charge in [-0.1, -0.05) is 0 Å². The molecule has 0 bridgehead atoms. The summed E-state index contributed by atoms with van der Waals surface area (Å²) in [6.45, 7) is 2.23. The number of aromatic nitrogens is 1. The lowest BCUT2D eigenvalue weighted by Crippen LogP contribution is -2.55. The molecule has 1 amide bonds. The molecule has 2 aromatic rings. The Labute approximate surface area is 223 Å². The third-order valence-corrected chi connectivity index (χ3v) is 8.67. The number of halogens is 3. The first-order chi connectivity index (χ1) is 18.2. The summed E-state index contributed by atoms with van der Waals surface area (Å²) in [5.74, 6) is 0.365. The largest absolute Gasteiger partial charge is 0.490 e. The van der Waals surface area contributed by atoms with Crippen molar-refractivity contribution in [1.29, 1.82) is 5.26 Å². The van der Waals surface area contributed by atoms with Crippen molar-refractivity contribution in [2.75, 3.05) is 22.9 Å². The average Bonchev–Trinajstić information content (AvgIpc) is 3.43. The summed E-state index contributed by atoms with van der Waals surface area (Å²) in [6.07, 6.45) is 2.81. The summed E-state index contributed by atoms with van der Waals surface area (Å²) in [5.41, 5.74) is -2.30. The molecule has 6 rings (SSSR count). The van der Waals surface area contributed by atoms with Crippen molar-refractivity contribution < 1.29 is 22.7 Å². The van der Waals surface area contributed by atoms with E-state index in [1.807, 2.05) is 24.3 Å². The van der Waals surface area contributed by atoms with E-state index in [-0.39, 0.29) is 22.8 Å². The number of carbonyl (C=O) groups is 1. The summed E-state index contributed by atoms with van der Waals surface area (Å²) in [4.78, 5) is 22.7. The number of fused-ring (bicyclic) bond motifs is 1. The number of anilines is 2. The highest BCUT2D eigenvalue weighted by Gasteiger charge is 2.59. The minimum absolute atomic E-state index is 0.0941. The second-order valence-electron chi connectivity index (χ2n) is 10.4. The lowest BCUT2D eigenvalue weighted by Gasteiger charge is -2.43. The quantitative estimate of drug-likeness (QED) is 0.503. The number of thiocarbonyl (C=S) groups is 1. The molecule has 0 N–H and O–H groups in total. The first-order valence-electron chi connectivity index (χ1n) is 12.9. The Bertz CT molecular complexity index is 1320. The zero-order valence-corrected chi connectivity index (χ0v) is 21.4. The molecule has 198 valence electrons. The Balaban J connectivity index is 1.26. The number of benzene rings is 1. The van der Waals surface area contributed by atoms with Crippen molar-refractivity contribution in [3.05, 3.63) is 47.8 Å². The van der Waals surface area contributed by atoms with Crippen LogP contribution in [0.5, 0.6) is 5.75 Å². The molecular formula is C27H26F3N5O2S. The minimum atomic E-state index is -4.80. The van der Waals surface area contributed by atoms with Gasteiger partial charge in [0.25, 0.3) is 5.91 Å². The third kappa shape index (κ3) is 4.01. The fourth-order valence-corrected chi connectivity index (χ4v) is 6.72. The molecule has 4 fully saturated rings. The second-order valence-corrected chi connectivity index (χ2v) is 10.8. The van der Waals surface area contributed by atoms with Crippen molar-refractivity contribution >= 4 is 34.6 Å². The van der Waals surface area contributed by atoms with E-state index in [4.69, 9.17) is 22.2 Å². The number of rotatable bonds is 4. The summed E-state index contributed by atoms with van der Waals surface area (Å²) in [6, 6.07) is 10.3. The van der Waals surface area contributed by atoms with Crippen LogP contribution in [0.3, 0.4) is 0 Å². The highest BCUT2D eigenvalue weighted by Crippen LogP contribution is 2.48. The van der Waals surface area contributed by atoms with Gasteiger partial charge in [0.2, 0.25) is 0 Å². The van der Waals surface area contributed by atoms with Crippen LogP contribution < -0.4 is 14.5 Å². The summed E-state index contributed by atoms with van der Waals surface area (Å²) in [7, 11) is 0. The van der Waals surface area contributed by atoms with Crippen LogP contribution in [0, 0.1) is 11.3 Å². The van der Waals surface area contributed by atoms with Crippen LogP contribution in [0.1, 0.15) is 56.2 Å². The van der Waals surface area contributed by atoms with Crippen LogP contribution in [-0.2, 0) is 11.0 Å². The fraction of sp³-hybridized carbons (Fsp3) is 0.481. The van der Waals surface area contributed by atoms with Crippen molar-refractivity contribution in [1.82, 2.24) is 9.88 Å². The first kappa shape index (κ1) is 25.1. The molecule has 3 aliphatic heterocycles. The monoisotopic (exact) mass is 541 g/mol. The molecule has 4 heterocycles. The average molecular weight is 542 g/mol. The Morgan fingerprint density at radius 1 is 1.11 bits per heavy atom. The number of hydrogen-bond donors (Lipinski definition) is 0. The van der Waals surface area contributed by atoms with Gasteiger partial charge in [0.15, 0.2) is 10.8 Å². The van der Waals surface area contributed by atoms with Crippen molar-refractivity contribution in [3.8, 4) is 11.8 Å². The second kappa shape index (κ2) is 9.20. The van der Waals surface area contributed by atoms with Crippen LogP contribution >= 0.6 is 12.2 Å². The van der Waals surface area contributed by atoms with Gasteiger partial charge in [0.05, 0.1) is 17.4 Å². The molecule has 3 saturated heterocycles. The van der Waals surface area contributed by atoms with Crippen molar-refractivity contribution in [2.45, 2.75) is 68.8 Å². The molecule has 7 nitrogen and oxygen atoms in total. The van der Waals surface area contributed by atoms with Gasteiger partial charge in [-0.2, -0.15) is 18.4 Å². The molecule has 1 aliphatic carbocycles. The van der Waals surface area contributed by atoms with E-state index in [1.165, 1.54) is 25.5 Å². The van der Waals surface area contributed by atoms with Gasteiger partial charge in [0.1, 0.15) is 23.5 Å².